The van der Waals surface area contributed by atoms with Crippen molar-refractivity contribution in [2.45, 2.75) is 58.1 Å². The van der Waals surface area contributed by atoms with E-state index < -0.39 is 28.9 Å². The van der Waals surface area contributed by atoms with Crippen LogP contribution in [-0.2, 0) is 30.3 Å². The van der Waals surface area contributed by atoms with Gasteiger partial charge in [0, 0.05) is 17.2 Å². The van der Waals surface area contributed by atoms with E-state index in [-0.39, 0.29) is 41.1 Å². The fourth-order valence-corrected chi connectivity index (χ4v) is 4.63. The molecular weight excluding hydrogens is 408 g/mol. The van der Waals surface area contributed by atoms with Gasteiger partial charge in [0.1, 0.15) is 22.7 Å². The third kappa shape index (κ3) is 4.45. The molecule has 0 aromatic carbocycles. The summed E-state index contributed by atoms with van der Waals surface area (Å²) in [6.45, 7) is 8.66. The van der Waals surface area contributed by atoms with Gasteiger partial charge in [0.2, 0.25) is 5.91 Å². The predicted molar refractivity (Wildman–Crippen MR) is 110 cm³/mol. The summed E-state index contributed by atoms with van der Waals surface area (Å²) in [5.74, 6) is -1.69. The lowest BCUT2D eigenvalue weighted by Gasteiger charge is -2.49. The number of β-lactam (4-membered cyclic amide) rings is 1. The van der Waals surface area contributed by atoms with Gasteiger partial charge in [-0.1, -0.05) is 13.8 Å². The van der Waals surface area contributed by atoms with Gasteiger partial charge in [-0.3, -0.25) is 19.3 Å². The Labute approximate surface area is 179 Å². The lowest BCUT2D eigenvalue weighted by molar-refractivity contribution is -0.159. The zero-order valence-electron chi connectivity index (χ0n) is 17.7. The molecule has 162 valence electrons. The zero-order valence-corrected chi connectivity index (χ0v) is 18.5. The van der Waals surface area contributed by atoms with Crippen LogP contribution in [0.1, 0.15) is 40.2 Å². The van der Waals surface area contributed by atoms with E-state index >= 15 is 0 Å². The first-order valence-corrected chi connectivity index (χ1v) is 10.8. The van der Waals surface area contributed by atoms with Gasteiger partial charge in [0.05, 0.1) is 18.9 Å². The molecule has 3 rings (SSSR count). The molecule has 2 aliphatic heterocycles. The summed E-state index contributed by atoms with van der Waals surface area (Å²) in [7, 11) is 0. The Morgan fingerprint density at radius 2 is 2.03 bits per heavy atom. The highest BCUT2D eigenvalue weighted by molar-refractivity contribution is 8.00. The molecule has 8 nitrogen and oxygen atoms in total. The van der Waals surface area contributed by atoms with Crippen molar-refractivity contribution in [3.63, 3.8) is 0 Å². The minimum absolute atomic E-state index is 0.00212. The molecule has 1 saturated heterocycles. The Morgan fingerprint density at radius 1 is 1.33 bits per heavy atom. The highest BCUT2D eigenvalue weighted by Crippen LogP contribution is 2.41. The molecule has 2 atom stereocenters. The Bertz CT molecular complexity index is 897. The average Bonchev–Trinajstić information content (AvgIpc) is 3.15. The average molecular weight is 435 g/mol. The Morgan fingerprint density at radius 3 is 2.60 bits per heavy atom. The lowest BCUT2D eigenvalue weighted by atomic mass is 9.96. The summed E-state index contributed by atoms with van der Waals surface area (Å²) >= 11 is 1.35. The molecule has 1 N–H and O–H groups in total. The second kappa shape index (κ2) is 8.29. The first kappa shape index (κ1) is 22.1. The van der Waals surface area contributed by atoms with E-state index in [1.807, 2.05) is 0 Å². The molecule has 30 heavy (non-hydrogen) atoms. The van der Waals surface area contributed by atoms with E-state index in [2.05, 4.69) is 5.32 Å². The summed E-state index contributed by atoms with van der Waals surface area (Å²) in [6, 6.07) is 0.916. The van der Waals surface area contributed by atoms with Gasteiger partial charge in [-0.05, 0) is 32.4 Å². The van der Waals surface area contributed by atoms with Crippen LogP contribution in [0, 0.1) is 5.92 Å². The van der Waals surface area contributed by atoms with Crippen molar-refractivity contribution in [3.05, 3.63) is 35.4 Å². The number of furan rings is 1. The van der Waals surface area contributed by atoms with Gasteiger partial charge in [0.25, 0.3) is 5.91 Å². The van der Waals surface area contributed by atoms with Gasteiger partial charge >= 0.3 is 5.97 Å². The van der Waals surface area contributed by atoms with Crippen molar-refractivity contribution < 1.29 is 28.3 Å². The van der Waals surface area contributed by atoms with Gasteiger partial charge in [-0.15, -0.1) is 11.8 Å². The standard InChI is InChI=1S/C21H26N2O6S/c1-11(2)17(25)13-10-30-19-15(22-14(24)8-12-6-7-28-9-12)18(26)23(19)16(13)20(27)29-21(3,4)5/h6-7,9,11,15,19H,8,10H2,1-5H3,(H,22,24)/t15?,19-/m1/s1. The van der Waals surface area contributed by atoms with Crippen molar-refractivity contribution in [1.29, 1.82) is 0 Å². The first-order valence-electron chi connectivity index (χ1n) is 9.75. The number of hydrogen-bond donors (Lipinski definition) is 1. The maximum absolute atomic E-state index is 12.9. The molecule has 0 bridgehead atoms. The van der Waals surface area contributed by atoms with Gasteiger partial charge < -0.3 is 14.5 Å². The molecule has 0 saturated carbocycles. The number of hydrogen-bond acceptors (Lipinski definition) is 7. The fraction of sp³-hybridized carbons (Fsp3) is 0.524. The van der Waals surface area contributed by atoms with Crippen LogP contribution < -0.4 is 5.32 Å². The van der Waals surface area contributed by atoms with Crippen LogP contribution in [0.25, 0.3) is 0 Å². The minimum Gasteiger partial charge on any atom is -0.472 e. The number of esters is 1. The van der Waals surface area contributed by atoms with E-state index in [1.54, 1.807) is 40.7 Å². The summed E-state index contributed by atoms with van der Waals surface area (Å²) in [4.78, 5) is 52.1. The molecule has 0 aliphatic carbocycles. The van der Waals surface area contributed by atoms with E-state index in [0.29, 0.717) is 5.56 Å². The Kier molecular flexibility index (Phi) is 6.12. The van der Waals surface area contributed by atoms with Crippen molar-refractivity contribution in [2.75, 3.05) is 5.75 Å². The van der Waals surface area contributed by atoms with Crippen molar-refractivity contribution in [2.24, 2.45) is 5.92 Å². The van der Waals surface area contributed by atoms with Gasteiger partial charge in [-0.2, -0.15) is 0 Å². The van der Waals surface area contributed by atoms with Crippen LogP contribution in [0.5, 0.6) is 0 Å². The number of Topliss-reactive ketones (excluding diaryl/α,β-unsaturated/α-hetero) is 1. The molecule has 2 amide bonds. The first-order chi connectivity index (χ1) is 14.0. The van der Waals surface area contributed by atoms with Crippen molar-refractivity contribution in [1.82, 2.24) is 10.2 Å². The van der Waals surface area contributed by atoms with Crippen LogP contribution in [0.15, 0.2) is 34.3 Å². The number of ether oxygens (including phenoxy) is 1. The third-order valence-corrected chi connectivity index (χ3v) is 5.92. The van der Waals surface area contributed by atoms with E-state index in [0.717, 1.165) is 0 Å². The molecule has 0 spiro atoms. The maximum Gasteiger partial charge on any atom is 0.356 e. The van der Waals surface area contributed by atoms with E-state index in [4.69, 9.17) is 9.15 Å². The monoisotopic (exact) mass is 434 g/mol. The lowest BCUT2D eigenvalue weighted by Crippen LogP contribution is -2.71. The molecular formula is C21H26N2O6S. The van der Waals surface area contributed by atoms with Crippen molar-refractivity contribution in [3.8, 4) is 0 Å². The number of amides is 2. The molecule has 9 heteroatoms. The third-order valence-electron chi connectivity index (χ3n) is 4.64. The molecule has 1 fully saturated rings. The number of thioether (sulfide) groups is 1. The zero-order chi connectivity index (χ0) is 22.2. The molecule has 1 unspecified atom stereocenters. The topological polar surface area (TPSA) is 106 Å². The highest BCUT2D eigenvalue weighted by atomic mass is 32.2. The van der Waals surface area contributed by atoms with Crippen LogP contribution in [0.3, 0.4) is 0 Å². The molecule has 3 heterocycles. The SMILES string of the molecule is CC(C)C(=O)C1=C(C(=O)OC(C)(C)C)N2C(=O)C(NC(=O)Cc3ccoc3)[C@H]2SC1. The van der Waals surface area contributed by atoms with E-state index in [1.165, 1.54) is 29.2 Å². The van der Waals surface area contributed by atoms with Crippen LogP contribution in [-0.4, -0.2) is 51.2 Å². The minimum atomic E-state index is -0.776. The van der Waals surface area contributed by atoms with Crippen molar-refractivity contribution >= 4 is 35.3 Å². The number of fused-ring (bicyclic) bond motifs is 1. The van der Waals surface area contributed by atoms with Crippen LogP contribution in [0.2, 0.25) is 0 Å². The fourth-order valence-electron chi connectivity index (χ4n) is 3.28. The molecule has 2 aliphatic rings. The largest absolute Gasteiger partial charge is 0.472 e. The molecule has 1 aromatic rings. The predicted octanol–water partition coefficient (Wildman–Crippen LogP) is 2.04. The van der Waals surface area contributed by atoms with Gasteiger partial charge in [-0.25, -0.2) is 4.79 Å². The Hall–Kier alpha value is -2.55. The summed E-state index contributed by atoms with van der Waals surface area (Å²) < 4.78 is 10.4. The van der Waals surface area contributed by atoms with Gasteiger partial charge in [0.15, 0.2) is 5.78 Å². The summed E-state index contributed by atoms with van der Waals surface area (Å²) in [6.07, 6.45) is 3.03. The number of carbonyl (C=O) groups is 4. The number of nitrogens with one attached hydrogen (secondary N) is 1. The smallest absolute Gasteiger partial charge is 0.356 e. The van der Waals surface area contributed by atoms with Crippen LogP contribution in [0.4, 0.5) is 0 Å². The summed E-state index contributed by atoms with van der Waals surface area (Å²) in [5.41, 5.74) is 0.212. The molecule has 1 aromatic heterocycles. The number of rotatable bonds is 6. The van der Waals surface area contributed by atoms with Crippen LogP contribution >= 0.6 is 11.8 Å². The molecule has 0 radical (unpaired) electrons. The number of nitrogens with zero attached hydrogens (tertiary/aromatic N) is 1. The normalized spacial score (nSPS) is 21.3. The highest BCUT2D eigenvalue weighted by Gasteiger charge is 2.55. The number of ketones is 1. The maximum atomic E-state index is 12.9. The second-order valence-corrected chi connectivity index (χ2v) is 9.72. The second-order valence-electron chi connectivity index (χ2n) is 8.61. The quantitative estimate of drug-likeness (QED) is 0.539. The summed E-state index contributed by atoms with van der Waals surface area (Å²) in [5, 5.41) is 2.26. The Balaban J connectivity index is 1.82. The number of carbonyl (C=O) groups excluding carboxylic acids is 4. The van der Waals surface area contributed by atoms with E-state index in [9.17, 15) is 19.2 Å².